The zero-order chi connectivity index (χ0) is 14.8. The highest BCUT2D eigenvalue weighted by Crippen LogP contribution is 2.32. The van der Waals surface area contributed by atoms with Gasteiger partial charge in [-0.25, -0.2) is 5.90 Å². The Bertz CT molecular complexity index is 596. The van der Waals surface area contributed by atoms with E-state index in [1.54, 1.807) is 18.2 Å². The Balaban J connectivity index is 2.41. The van der Waals surface area contributed by atoms with E-state index in [0.717, 1.165) is 17.7 Å². The normalized spacial score (nSPS) is 11.7. The summed E-state index contributed by atoms with van der Waals surface area (Å²) in [7, 11) is 0. The van der Waals surface area contributed by atoms with Gasteiger partial charge in [0.2, 0.25) is 0 Å². The van der Waals surface area contributed by atoms with E-state index < -0.39 is 11.7 Å². The van der Waals surface area contributed by atoms with Crippen LogP contribution in [0.1, 0.15) is 11.1 Å². The van der Waals surface area contributed by atoms with Gasteiger partial charge in [-0.2, -0.15) is 13.2 Å². The van der Waals surface area contributed by atoms with Crippen molar-refractivity contribution >= 4 is 11.6 Å². The van der Waals surface area contributed by atoms with E-state index in [0.29, 0.717) is 16.1 Å². The maximum atomic E-state index is 12.5. The molecule has 0 unspecified atom stereocenters. The minimum atomic E-state index is -4.35. The van der Waals surface area contributed by atoms with Gasteiger partial charge in [-0.15, -0.1) is 0 Å². The van der Waals surface area contributed by atoms with E-state index in [-0.39, 0.29) is 6.61 Å². The van der Waals surface area contributed by atoms with Crippen LogP contribution in [0.4, 0.5) is 13.2 Å². The molecule has 0 spiro atoms. The third-order valence-corrected chi connectivity index (χ3v) is 3.06. The summed E-state index contributed by atoms with van der Waals surface area (Å²) in [5.41, 5.74) is 1.39. The highest BCUT2D eigenvalue weighted by Gasteiger charge is 2.30. The van der Waals surface area contributed by atoms with Gasteiger partial charge in [0.25, 0.3) is 0 Å². The number of halogens is 4. The molecule has 0 radical (unpaired) electrons. The highest BCUT2D eigenvalue weighted by atomic mass is 35.5. The third-order valence-electron chi connectivity index (χ3n) is 2.83. The number of alkyl halides is 3. The summed E-state index contributed by atoms with van der Waals surface area (Å²) >= 11 is 5.88. The predicted molar refractivity (Wildman–Crippen MR) is 70.9 cm³/mol. The average molecular weight is 302 g/mol. The zero-order valence-corrected chi connectivity index (χ0v) is 11.0. The van der Waals surface area contributed by atoms with Crippen molar-refractivity contribution in [2.45, 2.75) is 12.8 Å². The Morgan fingerprint density at radius 3 is 2.25 bits per heavy atom. The second-order valence-electron chi connectivity index (χ2n) is 4.19. The number of rotatable bonds is 3. The summed E-state index contributed by atoms with van der Waals surface area (Å²) in [5.74, 6) is 5.05. The first-order valence-corrected chi connectivity index (χ1v) is 6.07. The first kappa shape index (κ1) is 14.8. The van der Waals surface area contributed by atoms with Crippen molar-refractivity contribution in [2.24, 2.45) is 5.90 Å². The topological polar surface area (TPSA) is 35.2 Å². The number of benzene rings is 2. The lowest BCUT2D eigenvalue weighted by molar-refractivity contribution is -0.137. The molecule has 2 N–H and O–H groups in total. The van der Waals surface area contributed by atoms with E-state index in [2.05, 4.69) is 4.84 Å². The Morgan fingerprint density at radius 1 is 1.05 bits per heavy atom. The summed E-state index contributed by atoms with van der Waals surface area (Å²) in [4.78, 5) is 4.58. The van der Waals surface area contributed by atoms with Crippen LogP contribution in [-0.4, -0.2) is 0 Å². The molecule has 0 saturated heterocycles. The first-order valence-electron chi connectivity index (χ1n) is 5.69. The van der Waals surface area contributed by atoms with Gasteiger partial charge in [-0.05, 0) is 41.0 Å². The van der Waals surface area contributed by atoms with Gasteiger partial charge >= 0.3 is 6.18 Å². The SMILES string of the molecule is NOCc1cc(Cl)ccc1-c1ccc(C(F)(F)F)cc1. The molecule has 2 rings (SSSR count). The molecular weight excluding hydrogens is 291 g/mol. The van der Waals surface area contributed by atoms with Crippen LogP contribution in [0.15, 0.2) is 42.5 Å². The molecule has 0 aromatic heterocycles. The van der Waals surface area contributed by atoms with Crippen LogP contribution in [-0.2, 0) is 17.6 Å². The summed E-state index contributed by atoms with van der Waals surface area (Å²) in [6.07, 6.45) is -4.35. The second-order valence-corrected chi connectivity index (χ2v) is 4.62. The Hall–Kier alpha value is -1.56. The Labute approximate surface area is 118 Å². The lowest BCUT2D eigenvalue weighted by atomic mass is 9.99. The molecule has 0 aliphatic carbocycles. The summed E-state index contributed by atoms with van der Waals surface area (Å²) in [5, 5.41) is 0.507. The number of nitrogens with two attached hydrogens (primary N) is 1. The molecular formula is C14H11ClF3NO. The van der Waals surface area contributed by atoms with E-state index in [1.165, 1.54) is 12.1 Å². The van der Waals surface area contributed by atoms with Crippen molar-refractivity contribution in [1.82, 2.24) is 0 Å². The van der Waals surface area contributed by atoms with Crippen LogP contribution in [0.5, 0.6) is 0 Å². The Kier molecular flexibility index (Phi) is 4.32. The van der Waals surface area contributed by atoms with Crippen molar-refractivity contribution in [3.8, 4) is 11.1 Å². The van der Waals surface area contributed by atoms with Crippen molar-refractivity contribution in [3.63, 3.8) is 0 Å². The van der Waals surface area contributed by atoms with Gasteiger partial charge in [0.15, 0.2) is 0 Å². The molecule has 6 heteroatoms. The molecule has 0 amide bonds. The first-order chi connectivity index (χ1) is 9.41. The van der Waals surface area contributed by atoms with Crippen molar-refractivity contribution in [3.05, 3.63) is 58.6 Å². The molecule has 0 saturated carbocycles. The fraction of sp³-hybridized carbons (Fsp3) is 0.143. The highest BCUT2D eigenvalue weighted by molar-refractivity contribution is 6.30. The van der Waals surface area contributed by atoms with Gasteiger partial charge in [-0.1, -0.05) is 29.8 Å². The van der Waals surface area contributed by atoms with Crippen LogP contribution >= 0.6 is 11.6 Å². The van der Waals surface area contributed by atoms with Crippen LogP contribution in [0.25, 0.3) is 11.1 Å². The fourth-order valence-corrected chi connectivity index (χ4v) is 2.09. The van der Waals surface area contributed by atoms with Gasteiger partial charge < -0.3 is 0 Å². The molecule has 2 aromatic carbocycles. The monoisotopic (exact) mass is 301 g/mol. The molecule has 0 atom stereocenters. The maximum absolute atomic E-state index is 12.5. The molecule has 0 heterocycles. The van der Waals surface area contributed by atoms with Gasteiger partial charge in [0, 0.05) is 5.02 Å². The maximum Gasteiger partial charge on any atom is 0.416 e. The standard InChI is InChI=1S/C14H11ClF3NO/c15-12-5-6-13(10(7-12)8-20-19)9-1-3-11(4-2-9)14(16,17)18/h1-7H,8,19H2. The third kappa shape index (κ3) is 3.30. The molecule has 106 valence electrons. The fourth-order valence-electron chi connectivity index (χ4n) is 1.89. The Morgan fingerprint density at radius 2 is 1.70 bits per heavy atom. The summed E-state index contributed by atoms with van der Waals surface area (Å²) < 4.78 is 37.6. The number of hydrogen-bond donors (Lipinski definition) is 1. The minimum Gasteiger partial charge on any atom is -0.300 e. The van der Waals surface area contributed by atoms with Crippen molar-refractivity contribution in [1.29, 1.82) is 0 Å². The van der Waals surface area contributed by atoms with E-state index in [9.17, 15) is 13.2 Å². The van der Waals surface area contributed by atoms with Crippen molar-refractivity contribution in [2.75, 3.05) is 0 Å². The molecule has 0 bridgehead atoms. The molecule has 2 nitrogen and oxygen atoms in total. The largest absolute Gasteiger partial charge is 0.416 e. The van der Waals surface area contributed by atoms with Crippen LogP contribution in [0, 0.1) is 0 Å². The molecule has 2 aromatic rings. The predicted octanol–water partition coefficient (Wildman–Crippen LogP) is 4.42. The zero-order valence-electron chi connectivity index (χ0n) is 10.2. The lowest BCUT2D eigenvalue weighted by Crippen LogP contribution is -2.04. The molecule has 0 fully saturated rings. The van der Waals surface area contributed by atoms with Gasteiger partial charge in [-0.3, -0.25) is 4.84 Å². The smallest absolute Gasteiger partial charge is 0.300 e. The second kappa shape index (κ2) is 5.83. The quantitative estimate of drug-likeness (QED) is 0.852. The molecule has 0 aliphatic heterocycles. The van der Waals surface area contributed by atoms with E-state index in [1.807, 2.05) is 0 Å². The van der Waals surface area contributed by atoms with Gasteiger partial charge in [0.05, 0.1) is 12.2 Å². The van der Waals surface area contributed by atoms with Crippen LogP contribution in [0.3, 0.4) is 0 Å². The van der Waals surface area contributed by atoms with Crippen LogP contribution < -0.4 is 5.90 Å². The average Bonchev–Trinajstić information content (AvgIpc) is 2.38. The lowest BCUT2D eigenvalue weighted by Gasteiger charge is -2.11. The minimum absolute atomic E-state index is 0.122. The summed E-state index contributed by atoms with van der Waals surface area (Å²) in [6, 6.07) is 9.95. The van der Waals surface area contributed by atoms with E-state index >= 15 is 0 Å². The number of hydrogen-bond acceptors (Lipinski definition) is 2. The van der Waals surface area contributed by atoms with Gasteiger partial charge in [0.1, 0.15) is 0 Å². The van der Waals surface area contributed by atoms with Crippen molar-refractivity contribution < 1.29 is 18.0 Å². The summed E-state index contributed by atoms with van der Waals surface area (Å²) in [6.45, 7) is 0.122. The van der Waals surface area contributed by atoms with E-state index in [4.69, 9.17) is 17.5 Å². The van der Waals surface area contributed by atoms with Crippen LogP contribution in [0.2, 0.25) is 5.02 Å². The molecule has 20 heavy (non-hydrogen) atoms. The molecule has 0 aliphatic rings.